The molecule has 0 bridgehead atoms. The molecule has 0 saturated heterocycles. The van der Waals surface area contributed by atoms with Gasteiger partial charge in [0, 0.05) is 5.54 Å². The predicted molar refractivity (Wildman–Crippen MR) is 64.9 cm³/mol. The Hall–Kier alpha value is -0.910. The summed E-state index contributed by atoms with van der Waals surface area (Å²) < 4.78 is 29.6. The molecule has 92 valence electrons. The van der Waals surface area contributed by atoms with Crippen molar-refractivity contribution in [3.63, 3.8) is 0 Å². The van der Waals surface area contributed by atoms with Crippen LogP contribution in [0.4, 0.5) is 0 Å². The van der Waals surface area contributed by atoms with Crippen LogP contribution in [0.25, 0.3) is 0 Å². The summed E-state index contributed by atoms with van der Waals surface area (Å²) in [6.07, 6.45) is 0. The fraction of sp³-hybridized carbons (Fsp3) is 0.455. The lowest BCUT2D eigenvalue weighted by atomic mass is 10.1. The molecule has 0 aromatic heterocycles. The van der Waals surface area contributed by atoms with Gasteiger partial charge < -0.3 is 5.73 Å². The summed E-state index contributed by atoms with van der Waals surface area (Å²) in [5.74, 6) is 0. The molecule has 0 heterocycles. The second-order valence-electron chi connectivity index (χ2n) is 4.65. The summed E-state index contributed by atoms with van der Waals surface area (Å²) in [4.78, 5) is -0.0666. The highest BCUT2D eigenvalue weighted by atomic mass is 32.2. The van der Waals surface area contributed by atoms with Crippen LogP contribution in [0, 0.1) is 6.92 Å². The molecule has 0 aliphatic heterocycles. The van der Waals surface area contributed by atoms with Gasteiger partial charge >= 0.3 is 0 Å². The van der Waals surface area contributed by atoms with Crippen molar-refractivity contribution >= 4 is 10.1 Å². The summed E-state index contributed by atoms with van der Waals surface area (Å²) in [5.41, 5.74) is 6.31. The molecule has 0 spiro atoms. The Labute approximate surface area is 97.2 Å². The van der Waals surface area contributed by atoms with Gasteiger partial charge in [-0.25, -0.2) is 0 Å². The van der Waals surface area contributed by atoms with Gasteiger partial charge in [-0.3, -0.25) is 4.55 Å². The lowest BCUT2D eigenvalue weighted by Gasteiger charge is -2.06. The molecule has 0 unspecified atom stereocenters. The quantitative estimate of drug-likeness (QED) is 0.741. The highest BCUT2D eigenvalue weighted by Gasteiger charge is 2.06. The maximum Gasteiger partial charge on any atom is 0.294 e. The van der Waals surface area contributed by atoms with Gasteiger partial charge in [0.1, 0.15) is 0 Å². The lowest BCUT2D eigenvalue weighted by molar-refractivity contribution is 0.483. The Balaban J connectivity index is 0.000000385. The molecular weight excluding hydrogens is 226 g/mol. The second-order valence-corrected chi connectivity index (χ2v) is 6.08. The number of aryl methyl sites for hydroxylation is 1. The maximum atomic E-state index is 10.5. The Kier molecular flexibility index (Phi) is 5.12. The first kappa shape index (κ1) is 15.1. The number of nitrogens with two attached hydrogens (primary N) is 1. The summed E-state index contributed by atoms with van der Waals surface area (Å²) >= 11 is 0. The van der Waals surface area contributed by atoms with E-state index < -0.39 is 10.1 Å². The molecule has 0 radical (unpaired) electrons. The van der Waals surface area contributed by atoms with E-state index in [0.29, 0.717) is 0 Å². The van der Waals surface area contributed by atoms with Crippen molar-refractivity contribution in [2.45, 2.75) is 38.1 Å². The molecule has 1 rings (SSSR count). The van der Waals surface area contributed by atoms with Crippen molar-refractivity contribution in [3.8, 4) is 0 Å². The molecule has 0 atom stereocenters. The van der Waals surface area contributed by atoms with Crippen LogP contribution < -0.4 is 5.73 Å². The fourth-order valence-corrected chi connectivity index (χ4v) is 1.19. The molecule has 0 saturated carbocycles. The van der Waals surface area contributed by atoms with Crippen LogP contribution in [0.3, 0.4) is 0 Å². The number of rotatable bonds is 1. The minimum atomic E-state index is -4.02. The van der Waals surface area contributed by atoms with E-state index in [4.69, 9.17) is 10.3 Å². The van der Waals surface area contributed by atoms with Crippen LogP contribution >= 0.6 is 0 Å². The normalized spacial score (nSPS) is 11.6. The van der Waals surface area contributed by atoms with Crippen LogP contribution in [-0.2, 0) is 10.1 Å². The molecule has 0 fully saturated rings. The van der Waals surface area contributed by atoms with Gasteiger partial charge in [-0.2, -0.15) is 8.42 Å². The van der Waals surface area contributed by atoms with E-state index in [9.17, 15) is 8.42 Å². The van der Waals surface area contributed by atoms with Gasteiger partial charge in [-0.05, 0) is 39.8 Å². The number of hydrogen-bond donors (Lipinski definition) is 2. The molecule has 4 nitrogen and oxygen atoms in total. The van der Waals surface area contributed by atoms with E-state index >= 15 is 0 Å². The van der Waals surface area contributed by atoms with Crippen LogP contribution in [0.5, 0.6) is 0 Å². The van der Waals surface area contributed by atoms with E-state index in [1.54, 1.807) is 12.1 Å². The summed E-state index contributed by atoms with van der Waals surface area (Å²) in [7, 11) is -4.02. The highest BCUT2D eigenvalue weighted by molar-refractivity contribution is 7.85. The van der Waals surface area contributed by atoms with Crippen molar-refractivity contribution in [1.82, 2.24) is 0 Å². The van der Waals surface area contributed by atoms with E-state index in [2.05, 4.69) is 0 Å². The van der Waals surface area contributed by atoms with Gasteiger partial charge in [0.2, 0.25) is 0 Å². The van der Waals surface area contributed by atoms with Crippen molar-refractivity contribution in [3.05, 3.63) is 29.8 Å². The Morgan fingerprint density at radius 3 is 1.69 bits per heavy atom. The van der Waals surface area contributed by atoms with Crippen molar-refractivity contribution < 1.29 is 13.0 Å². The maximum absolute atomic E-state index is 10.5. The minimum absolute atomic E-state index is 0. The zero-order valence-corrected chi connectivity index (χ0v) is 10.9. The van der Waals surface area contributed by atoms with Crippen LogP contribution in [0.15, 0.2) is 29.2 Å². The zero-order chi connectivity index (χ0) is 13.0. The monoisotopic (exact) mass is 245 g/mol. The molecule has 0 aliphatic carbocycles. The zero-order valence-electron chi connectivity index (χ0n) is 10.1. The predicted octanol–water partition coefficient (Wildman–Crippen LogP) is 1.99. The fourth-order valence-electron chi connectivity index (χ4n) is 0.710. The third-order valence-electron chi connectivity index (χ3n) is 1.32. The van der Waals surface area contributed by atoms with Crippen LogP contribution in [0.1, 0.15) is 26.3 Å². The Morgan fingerprint density at radius 2 is 1.44 bits per heavy atom. The SMILES string of the molecule is CC(C)(C)N.Cc1ccc(S(=O)(=O)O)cc1. The number of hydrogen-bond acceptors (Lipinski definition) is 3. The van der Waals surface area contributed by atoms with E-state index in [1.165, 1.54) is 12.1 Å². The molecule has 5 heteroatoms. The van der Waals surface area contributed by atoms with E-state index in [-0.39, 0.29) is 10.4 Å². The Bertz CT molecular complexity index is 410. The smallest absolute Gasteiger partial charge is 0.294 e. The molecule has 16 heavy (non-hydrogen) atoms. The standard InChI is InChI=1S/C7H8O3S.C4H11N/c1-6-2-4-7(5-3-6)11(8,9)10;1-4(2,3)5/h2-5H,1H3,(H,8,9,10);5H2,1-3H3. The van der Waals surface area contributed by atoms with Crippen LogP contribution in [0.2, 0.25) is 0 Å². The molecule has 3 N–H and O–H groups in total. The average Bonchev–Trinajstić information content (AvgIpc) is 1.99. The van der Waals surface area contributed by atoms with Gasteiger partial charge in [-0.1, -0.05) is 17.7 Å². The summed E-state index contributed by atoms with van der Waals surface area (Å²) in [6, 6.07) is 5.99. The van der Waals surface area contributed by atoms with Gasteiger partial charge in [0.15, 0.2) is 0 Å². The molecule has 1 aromatic carbocycles. The molecule has 0 aliphatic rings. The first-order valence-electron chi connectivity index (χ1n) is 4.83. The van der Waals surface area contributed by atoms with Crippen molar-refractivity contribution in [2.75, 3.05) is 0 Å². The van der Waals surface area contributed by atoms with Gasteiger partial charge in [-0.15, -0.1) is 0 Å². The van der Waals surface area contributed by atoms with E-state index in [1.807, 2.05) is 27.7 Å². The third-order valence-corrected chi connectivity index (χ3v) is 2.19. The largest absolute Gasteiger partial charge is 0.326 e. The molecule has 0 amide bonds. The first-order valence-corrected chi connectivity index (χ1v) is 6.27. The average molecular weight is 245 g/mol. The summed E-state index contributed by atoms with van der Waals surface area (Å²) in [6.45, 7) is 7.74. The first-order chi connectivity index (χ1) is 7.00. The van der Waals surface area contributed by atoms with Crippen molar-refractivity contribution in [1.29, 1.82) is 0 Å². The van der Waals surface area contributed by atoms with E-state index in [0.717, 1.165) is 5.56 Å². The highest BCUT2D eigenvalue weighted by Crippen LogP contribution is 2.08. The molecule has 1 aromatic rings. The van der Waals surface area contributed by atoms with Crippen molar-refractivity contribution in [2.24, 2.45) is 5.73 Å². The molecular formula is C11H19NO3S. The second kappa shape index (κ2) is 5.43. The number of benzene rings is 1. The van der Waals surface area contributed by atoms with Crippen LogP contribution in [-0.4, -0.2) is 18.5 Å². The van der Waals surface area contributed by atoms with Gasteiger partial charge in [0.05, 0.1) is 4.90 Å². The minimum Gasteiger partial charge on any atom is -0.326 e. The van der Waals surface area contributed by atoms with Gasteiger partial charge in [0.25, 0.3) is 10.1 Å². The third kappa shape index (κ3) is 8.40. The summed E-state index contributed by atoms with van der Waals surface area (Å²) in [5, 5.41) is 0. The Morgan fingerprint density at radius 1 is 1.12 bits per heavy atom. The lowest BCUT2D eigenvalue weighted by Crippen LogP contribution is -2.26. The topological polar surface area (TPSA) is 80.4 Å².